The van der Waals surface area contributed by atoms with Crippen LogP contribution in [0.1, 0.15) is 48.7 Å². The Morgan fingerprint density at radius 2 is 1.36 bits per heavy atom. The van der Waals surface area contributed by atoms with Gasteiger partial charge in [0.15, 0.2) is 24.8 Å². The average molecular weight is 470 g/mol. The number of aromatic nitrogens is 4. The number of amides is 2. The lowest BCUT2D eigenvalue weighted by atomic mass is 10.4. The van der Waals surface area contributed by atoms with Crippen molar-refractivity contribution in [3.8, 4) is 0 Å². The molecule has 14 nitrogen and oxygen atoms in total. The molecule has 4 N–H and O–H groups in total. The zero-order chi connectivity index (χ0) is 25.7. The lowest BCUT2D eigenvalue weighted by Crippen LogP contribution is -2.32. The molecule has 0 aromatic carbocycles. The molecule has 15 heteroatoms. The summed E-state index contributed by atoms with van der Waals surface area (Å²) in [7, 11) is 0. The van der Waals surface area contributed by atoms with Gasteiger partial charge in [-0.1, -0.05) is 13.8 Å². The van der Waals surface area contributed by atoms with Crippen molar-refractivity contribution in [2.75, 3.05) is 0 Å². The number of hydrogen-bond donors (Lipinski definition) is 2. The van der Waals surface area contributed by atoms with Crippen molar-refractivity contribution in [3.63, 3.8) is 0 Å². The summed E-state index contributed by atoms with van der Waals surface area (Å²) in [6, 6.07) is 0. The van der Waals surface area contributed by atoms with Gasteiger partial charge in [-0.2, -0.15) is 4.39 Å². The van der Waals surface area contributed by atoms with E-state index in [-0.39, 0.29) is 12.4 Å². The first-order valence-electron chi connectivity index (χ1n) is 9.12. The SMILES string of the molecule is CC.CC(=O)OCn1cc(F)nc(C(N)=O)c1=O.CC(=O)OCn1ccnc(C(N)=O)c1=O. The van der Waals surface area contributed by atoms with Crippen molar-refractivity contribution in [3.05, 3.63) is 56.6 Å². The Bertz CT molecular complexity index is 1130. The van der Waals surface area contributed by atoms with E-state index in [4.69, 9.17) is 11.5 Å². The summed E-state index contributed by atoms with van der Waals surface area (Å²) in [5.74, 6) is -4.32. The van der Waals surface area contributed by atoms with Crippen LogP contribution in [-0.4, -0.2) is 42.9 Å². The maximum Gasteiger partial charge on any atom is 0.304 e. The number of carbonyl (C=O) groups is 4. The van der Waals surface area contributed by atoms with Crippen LogP contribution in [0.5, 0.6) is 0 Å². The predicted molar refractivity (Wildman–Crippen MR) is 109 cm³/mol. The highest BCUT2D eigenvalue weighted by Crippen LogP contribution is 1.93. The highest BCUT2D eigenvalue weighted by Gasteiger charge is 2.14. The van der Waals surface area contributed by atoms with E-state index in [0.29, 0.717) is 10.8 Å². The van der Waals surface area contributed by atoms with Gasteiger partial charge in [0.05, 0.1) is 6.20 Å². The Morgan fingerprint density at radius 1 is 0.909 bits per heavy atom. The topological polar surface area (TPSA) is 209 Å². The second kappa shape index (κ2) is 13.8. The zero-order valence-electron chi connectivity index (χ0n) is 18.2. The molecule has 0 saturated carbocycles. The molecule has 180 valence electrons. The molecule has 2 amide bonds. The predicted octanol–water partition coefficient (Wildman–Crippen LogP) is -1.11. The molecule has 2 rings (SSSR count). The molecule has 0 fully saturated rings. The Hall–Kier alpha value is -4.43. The number of primary amides is 2. The number of rotatable bonds is 6. The lowest BCUT2D eigenvalue weighted by Gasteiger charge is -2.06. The minimum Gasteiger partial charge on any atom is -0.444 e. The Morgan fingerprint density at radius 3 is 1.82 bits per heavy atom. The number of halogens is 1. The van der Waals surface area contributed by atoms with Crippen molar-refractivity contribution < 1.29 is 33.0 Å². The molecule has 0 aliphatic carbocycles. The molecule has 0 aliphatic rings. The van der Waals surface area contributed by atoms with Crippen molar-refractivity contribution in [2.24, 2.45) is 11.5 Å². The third-order valence-electron chi connectivity index (χ3n) is 3.14. The van der Waals surface area contributed by atoms with Gasteiger partial charge in [-0.25, -0.2) is 9.97 Å². The third-order valence-corrected chi connectivity index (χ3v) is 3.14. The minimum absolute atomic E-state index is 0.267. The number of nitrogens with zero attached hydrogens (tertiary/aromatic N) is 4. The zero-order valence-corrected chi connectivity index (χ0v) is 18.2. The number of ether oxygens (including phenoxy) is 2. The first-order chi connectivity index (χ1) is 15.4. The molecular formula is C18H23FN6O8. The molecule has 0 aliphatic heterocycles. The van der Waals surface area contributed by atoms with E-state index in [1.54, 1.807) is 0 Å². The maximum atomic E-state index is 12.9. The minimum atomic E-state index is -1.15. The summed E-state index contributed by atoms with van der Waals surface area (Å²) in [5, 5.41) is 0. The Kier molecular flexibility index (Phi) is 11.9. The van der Waals surface area contributed by atoms with Crippen molar-refractivity contribution in [2.45, 2.75) is 41.2 Å². The second-order valence-corrected chi connectivity index (χ2v) is 5.50. The van der Waals surface area contributed by atoms with Gasteiger partial charge in [0, 0.05) is 26.2 Å². The van der Waals surface area contributed by atoms with Crippen molar-refractivity contribution in [1.82, 2.24) is 19.1 Å². The molecule has 0 spiro atoms. The lowest BCUT2D eigenvalue weighted by molar-refractivity contribution is -0.145. The largest absolute Gasteiger partial charge is 0.444 e. The van der Waals surface area contributed by atoms with Gasteiger partial charge in [0.1, 0.15) is 0 Å². The van der Waals surface area contributed by atoms with Crippen LogP contribution in [0.25, 0.3) is 0 Å². The molecule has 0 atom stereocenters. The average Bonchev–Trinajstić information content (AvgIpc) is 2.74. The molecule has 2 heterocycles. The fraction of sp³-hybridized carbons (Fsp3) is 0.333. The summed E-state index contributed by atoms with van der Waals surface area (Å²) in [5.41, 5.74) is 7.00. The molecular weight excluding hydrogens is 447 g/mol. The Balaban J connectivity index is 0.000000578. The van der Waals surface area contributed by atoms with Crippen LogP contribution in [0.2, 0.25) is 0 Å². The summed E-state index contributed by atoms with van der Waals surface area (Å²) < 4.78 is 23.6. The van der Waals surface area contributed by atoms with E-state index in [1.807, 2.05) is 13.8 Å². The second-order valence-electron chi connectivity index (χ2n) is 5.50. The Labute approximate surface area is 185 Å². The van der Waals surface area contributed by atoms with Gasteiger partial charge in [0.25, 0.3) is 22.9 Å². The molecule has 2 aromatic heterocycles. The van der Waals surface area contributed by atoms with Crippen LogP contribution >= 0.6 is 0 Å². The van der Waals surface area contributed by atoms with Crippen LogP contribution < -0.4 is 22.6 Å². The van der Waals surface area contributed by atoms with E-state index in [1.165, 1.54) is 19.3 Å². The summed E-state index contributed by atoms with van der Waals surface area (Å²) in [4.78, 5) is 71.9. The van der Waals surface area contributed by atoms with Gasteiger partial charge < -0.3 is 20.9 Å². The molecule has 2 aromatic rings. The van der Waals surface area contributed by atoms with Crippen LogP contribution in [0, 0.1) is 5.95 Å². The molecule has 0 saturated heterocycles. The molecule has 0 unspecified atom stereocenters. The smallest absolute Gasteiger partial charge is 0.304 e. The number of nitrogens with two attached hydrogens (primary N) is 2. The van der Waals surface area contributed by atoms with Crippen molar-refractivity contribution in [1.29, 1.82) is 0 Å². The van der Waals surface area contributed by atoms with Crippen LogP contribution in [0.3, 0.4) is 0 Å². The van der Waals surface area contributed by atoms with E-state index in [2.05, 4.69) is 19.4 Å². The fourth-order valence-corrected chi connectivity index (χ4v) is 1.80. The van der Waals surface area contributed by atoms with E-state index >= 15 is 0 Å². The summed E-state index contributed by atoms with van der Waals surface area (Å²) >= 11 is 0. The van der Waals surface area contributed by atoms with E-state index < -0.39 is 53.2 Å². The first kappa shape index (κ1) is 28.6. The van der Waals surface area contributed by atoms with Crippen LogP contribution in [-0.2, 0) is 32.5 Å². The van der Waals surface area contributed by atoms with E-state index in [0.717, 1.165) is 11.5 Å². The fourth-order valence-electron chi connectivity index (χ4n) is 1.80. The van der Waals surface area contributed by atoms with E-state index in [9.17, 15) is 33.2 Å². The summed E-state index contributed by atoms with van der Waals surface area (Å²) in [6.45, 7) is 5.56. The van der Waals surface area contributed by atoms with Gasteiger partial charge in [-0.05, 0) is 0 Å². The number of carbonyl (C=O) groups excluding carboxylic acids is 4. The number of hydrogen-bond acceptors (Lipinski definition) is 10. The molecule has 0 bridgehead atoms. The third kappa shape index (κ3) is 9.50. The normalized spacial score (nSPS) is 9.36. The van der Waals surface area contributed by atoms with Crippen molar-refractivity contribution >= 4 is 23.8 Å². The quantitative estimate of drug-likeness (QED) is 0.486. The highest BCUT2D eigenvalue weighted by atomic mass is 19.1. The van der Waals surface area contributed by atoms with Gasteiger partial charge in [-0.3, -0.25) is 37.9 Å². The first-order valence-corrected chi connectivity index (χ1v) is 9.12. The van der Waals surface area contributed by atoms with Gasteiger partial charge in [-0.15, -0.1) is 0 Å². The van der Waals surface area contributed by atoms with Gasteiger partial charge in [0.2, 0.25) is 5.95 Å². The molecule has 33 heavy (non-hydrogen) atoms. The van der Waals surface area contributed by atoms with Gasteiger partial charge >= 0.3 is 11.9 Å². The number of esters is 2. The molecule has 0 radical (unpaired) electrons. The summed E-state index contributed by atoms with van der Waals surface area (Å²) in [6.07, 6.45) is 3.22. The highest BCUT2D eigenvalue weighted by molar-refractivity contribution is 5.90. The standard InChI is InChI=1S/C8H8FN3O4.C8H9N3O4.C2H6/c1-4(13)16-3-12-2-5(9)11-6(7(10)14)8(12)15;1-5(12)15-4-11-3-2-10-6(7(9)13)8(11)14;1-2/h2H,3H2,1H3,(H2,10,14);2-3H,4H2,1H3,(H2,9,13);1-2H3. The monoisotopic (exact) mass is 470 g/mol. The van der Waals surface area contributed by atoms with Crippen LogP contribution in [0.15, 0.2) is 28.2 Å². The van der Waals surface area contributed by atoms with Crippen LogP contribution in [0.4, 0.5) is 4.39 Å². The maximum absolute atomic E-state index is 12.9.